The first-order valence-electron chi connectivity index (χ1n) is 8.99. The highest BCUT2D eigenvalue weighted by Gasteiger charge is 2.09. The van der Waals surface area contributed by atoms with E-state index in [1.54, 1.807) is 36.4 Å². The second-order valence-corrected chi connectivity index (χ2v) is 6.57. The average molecular weight is 378 g/mol. The number of carbonyl (C=O) groups is 2. The van der Waals surface area contributed by atoms with E-state index in [0.717, 1.165) is 0 Å². The van der Waals surface area contributed by atoms with Crippen LogP contribution in [0.25, 0.3) is 0 Å². The maximum atomic E-state index is 12.1. The Hall–Kier alpha value is -3.54. The fourth-order valence-corrected chi connectivity index (χ4v) is 2.53. The molecule has 1 aromatic heterocycles. The molecule has 144 valence electrons. The van der Waals surface area contributed by atoms with Gasteiger partial charge in [-0.15, -0.1) is 0 Å². The summed E-state index contributed by atoms with van der Waals surface area (Å²) in [6.45, 7) is 4.16. The van der Waals surface area contributed by atoms with Crippen molar-refractivity contribution in [2.45, 2.75) is 19.8 Å². The number of nitrogens with one attached hydrogen (secondary N) is 2. The Balaban J connectivity index is 1.48. The van der Waals surface area contributed by atoms with Crippen LogP contribution in [0.4, 0.5) is 11.4 Å². The number of furan rings is 1. The summed E-state index contributed by atoms with van der Waals surface area (Å²) in [6, 6.07) is 17.7. The minimum atomic E-state index is -0.335. The first kappa shape index (κ1) is 19.2. The summed E-state index contributed by atoms with van der Waals surface area (Å²) < 4.78 is 10.6. The topological polar surface area (TPSA) is 80.6 Å². The van der Waals surface area contributed by atoms with Crippen molar-refractivity contribution in [2.75, 3.05) is 17.2 Å². The van der Waals surface area contributed by atoms with E-state index >= 15 is 0 Å². The lowest BCUT2D eigenvalue weighted by Gasteiger charge is -2.10. The van der Waals surface area contributed by atoms with Gasteiger partial charge in [0.2, 0.25) is 0 Å². The van der Waals surface area contributed by atoms with Crippen molar-refractivity contribution in [3.63, 3.8) is 0 Å². The molecule has 0 aliphatic rings. The van der Waals surface area contributed by atoms with Gasteiger partial charge >= 0.3 is 0 Å². The van der Waals surface area contributed by atoms with Crippen LogP contribution < -0.4 is 15.4 Å². The number of rotatable bonds is 7. The Morgan fingerprint density at radius 1 is 0.929 bits per heavy atom. The van der Waals surface area contributed by atoms with Crippen LogP contribution in [0.1, 0.15) is 35.9 Å². The molecule has 6 heteroatoms. The van der Waals surface area contributed by atoms with Crippen molar-refractivity contribution in [3.8, 4) is 5.75 Å². The van der Waals surface area contributed by atoms with Crippen molar-refractivity contribution in [3.05, 3.63) is 78.3 Å². The fourth-order valence-electron chi connectivity index (χ4n) is 2.53. The van der Waals surface area contributed by atoms with Crippen molar-refractivity contribution >= 4 is 23.2 Å². The van der Waals surface area contributed by atoms with Crippen LogP contribution in [0.15, 0.2) is 71.3 Å². The summed E-state index contributed by atoms with van der Waals surface area (Å²) in [4.78, 5) is 24.0. The highest BCUT2D eigenvalue weighted by atomic mass is 16.5. The molecule has 1 heterocycles. The minimum absolute atomic E-state index is 0.0853. The standard InChI is InChI=1S/C22H22N2O4/c1-15(2)16-5-11-19(12-6-16)28-14-21(25)23-17-7-9-18(10-8-17)24-22(26)20-4-3-13-27-20/h3-13,15H,14H2,1-2H3,(H,23,25)(H,24,26). The van der Waals surface area contributed by atoms with Crippen LogP contribution in [0.3, 0.4) is 0 Å². The molecule has 0 bridgehead atoms. The number of carbonyl (C=O) groups excluding carboxylic acids is 2. The normalized spacial score (nSPS) is 10.5. The first-order valence-corrected chi connectivity index (χ1v) is 8.99. The average Bonchev–Trinajstić information content (AvgIpc) is 3.23. The molecular formula is C22H22N2O4. The molecule has 2 N–H and O–H groups in total. The van der Waals surface area contributed by atoms with Gasteiger partial charge in [-0.3, -0.25) is 9.59 Å². The van der Waals surface area contributed by atoms with Crippen LogP contribution in [0, 0.1) is 0 Å². The van der Waals surface area contributed by atoms with E-state index in [2.05, 4.69) is 24.5 Å². The van der Waals surface area contributed by atoms with Gasteiger partial charge in [-0.1, -0.05) is 26.0 Å². The summed E-state index contributed by atoms with van der Waals surface area (Å²) in [5.74, 6) is 0.731. The Labute approximate surface area is 163 Å². The molecule has 0 saturated heterocycles. The number of ether oxygens (including phenoxy) is 1. The predicted molar refractivity (Wildman–Crippen MR) is 108 cm³/mol. The smallest absolute Gasteiger partial charge is 0.291 e. The third-order valence-electron chi connectivity index (χ3n) is 4.09. The molecule has 0 radical (unpaired) electrons. The molecule has 0 aliphatic heterocycles. The molecule has 3 aromatic rings. The molecule has 3 rings (SSSR count). The van der Waals surface area contributed by atoms with Crippen LogP contribution in [0.5, 0.6) is 5.75 Å². The third kappa shape index (κ3) is 5.23. The van der Waals surface area contributed by atoms with E-state index in [1.807, 2.05) is 24.3 Å². The first-order chi connectivity index (χ1) is 13.5. The molecular weight excluding hydrogens is 356 g/mol. The zero-order valence-electron chi connectivity index (χ0n) is 15.8. The fraction of sp³-hybridized carbons (Fsp3) is 0.182. The van der Waals surface area contributed by atoms with Crippen molar-refractivity contribution in [1.82, 2.24) is 0 Å². The van der Waals surface area contributed by atoms with Crippen molar-refractivity contribution in [1.29, 1.82) is 0 Å². The molecule has 2 aromatic carbocycles. The molecule has 0 spiro atoms. The predicted octanol–water partition coefficient (Wildman–Crippen LogP) is 4.67. The second kappa shape index (κ2) is 8.90. The van der Waals surface area contributed by atoms with E-state index in [4.69, 9.17) is 9.15 Å². The summed E-state index contributed by atoms with van der Waals surface area (Å²) in [5, 5.41) is 5.47. The lowest BCUT2D eigenvalue weighted by atomic mass is 10.0. The highest BCUT2D eigenvalue weighted by Crippen LogP contribution is 2.19. The van der Waals surface area contributed by atoms with Crippen molar-refractivity contribution < 1.29 is 18.7 Å². The summed E-state index contributed by atoms with van der Waals surface area (Å²) in [5.41, 5.74) is 2.43. The Kier molecular flexibility index (Phi) is 6.11. The number of hydrogen-bond acceptors (Lipinski definition) is 4. The SMILES string of the molecule is CC(C)c1ccc(OCC(=O)Nc2ccc(NC(=O)c3ccco3)cc2)cc1. The van der Waals surface area contributed by atoms with E-state index < -0.39 is 0 Å². The molecule has 6 nitrogen and oxygen atoms in total. The molecule has 0 aliphatic carbocycles. The van der Waals surface area contributed by atoms with Gasteiger partial charge in [-0.05, 0) is 60.0 Å². The number of hydrogen-bond donors (Lipinski definition) is 2. The summed E-state index contributed by atoms with van der Waals surface area (Å²) in [6.07, 6.45) is 1.44. The highest BCUT2D eigenvalue weighted by molar-refractivity contribution is 6.02. The van der Waals surface area contributed by atoms with Crippen LogP contribution in [0.2, 0.25) is 0 Å². The van der Waals surface area contributed by atoms with Gasteiger partial charge in [0.25, 0.3) is 11.8 Å². The number of anilines is 2. The quantitative estimate of drug-likeness (QED) is 0.626. The molecule has 28 heavy (non-hydrogen) atoms. The molecule has 0 unspecified atom stereocenters. The summed E-state index contributed by atoms with van der Waals surface area (Å²) in [7, 11) is 0. The largest absolute Gasteiger partial charge is 0.484 e. The van der Waals surface area contributed by atoms with Crippen LogP contribution >= 0.6 is 0 Å². The summed E-state index contributed by atoms with van der Waals surface area (Å²) >= 11 is 0. The Morgan fingerprint density at radius 3 is 2.14 bits per heavy atom. The van der Waals surface area contributed by atoms with Gasteiger partial charge in [0.1, 0.15) is 5.75 Å². The molecule has 0 atom stereocenters. The second-order valence-electron chi connectivity index (χ2n) is 6.57. The van der Waals surface area contributed by atoms with E-state index in [1.165, 1.54) is 11.8 Å². The van der Waals surface area contributed by atoms with Gasteiger partial charge in [-0.2, -0.15) is 0 Å². The van der Waals surface area contributed by atoms with E-state index in [9.17, 15) is 9.59 Å². The zero-order chi connectivity index (χ0) is 19.9. The van der Waals surface area contributed by atoms with Crippen LogP contribution in [-0.2, 0) is 4.79 Å². The molecule has 0 fully saturated rings. The van der Waals surface area contributed by atoms with Gasteiger partial charge < -0.3 is 19.8 Å². The monoisotopic (exact) mass is 378 g/mol. The lowest BCUT2D eigenvalue weighted by molar-refractivity contribution is -0.118. The molecule has 2 amide bonds. The van der Waals surface area contributed by atoms with Crippen LogP contribution in [-0.4, -0.2) is 18.4 Å². The number of amides is 2. The van der Waals surface area contributed by atoms with Gasteiger partial charge in [0.15, 0.2) is 12.4 Å². The van der Waals surface area contributed by atoms with Crippen molar-refractivity contribution in [2.24, 2.45) is 0 Å². The maximum Gasteiger partial charge on any atom is 0.291 e. The third-order valence-corrected chi connectivity index (χ3v) is 4.09. The number of benzene rings is 2. The van der Waals surface area contributed by atoms with Gasteiger partial charge in [0, 0.05) is 11.4 Å². The Bertz CT molecular complexity index is 914. The van der Waals surface area contributed by atoms with E-state index in [-0.39, 0.29) is 24.2 Å². The lowest BCUT2D eigenvalue weighted by Crippen LogP contribution is -2.20. The Morgan fingerprint density at radius 2 is 1.57 bits per heavy atom. The van der Waals surface area contributed by atoms with Gasteiger partial charge in [-0.25, -0.2) is 0 Å². The zero-order valence-corrected chi connectivity index (χ0v) is 15.8. The molecule has 0 saturated carbocycles. The minimum Gasteiger partial charge on any atom is -0.484 e. The van der Waals surface area contributed by atoms with Gasteiger partial charge in [0.05, 0.1) is 6.26 Å². The maximum absolute atomic E-state index is 12.1. The van der Waals surface area contributed by atoms with E-state index in [0.29, 0.717) is 23.0 Å².